The lowest BCUT2D eigenvalue weighted by Crippen LogP contribution is -2.52. The number of benzene rings is 3. The number of rotatable bonds is 4. The van der Waals surface area contributed by atoms with Crippen molar-refractivity contribution >= 4 is 0 Å². The van der Waals surface area contributed by atoms with Gasteiger partial charge in [-0.2, -0.15) is 9.13 Å². The van der Waals surface area contributed by atoms with Gasteiger partial charge in [0.2, 0.25) is 11.4 Å². The number of pyridine rings is 2. The topological polar surface area (TPSA) is 7.76 Å². The first-order valence-electron chi connectivity index (χ1n) is 13.1. The van der Waals surface area contributed by atoms with E-state index in [9.17, 15) is 0 Å². The zero-order valence-electron chi connectivity index (χ0n) is 21.3. The Morgan fingerprint density at radius 3 is 2.22 bits per heavy atom. The Bertz CT molecular complexity index is 1680. The van der Waals surface area contributed by atoms with Gasteiger partial charge in [-0.3, -0.25) is 0 Å². The molecule has 1 aliphatic heterocycles. The van der Waals surface area contributed by atoms with Gasteiger partial charge in [0.1, 0.15) is 0 Å². The van der Waals surface area contributed by atoms with E-state index in [0.717, 1.165) is 6.54 Å². The first-order chi connectivity index (χ1) is 18.2. The van der Waals surface area contributed by atoms with Crippen LogP contribution in [0.25, 0.3) is 33.6 Å². The highest BCUT2D eigenvalue weighted by Gasteiger charge is 2.48. The van der Waals surface area contributed by atoms with E-state index in [1.54, 1.807) is 0 Å². The van der Waals surface area contributed by atoms with Crippen molar-refractivity contribution in [2.75, 3.05) is 0 Å². The highest BCUT2D eigenvalue weighted by molar-refractivity contribution is 5.70. The average molecular weight is 479 g/mol. The second-order valence-corrected chi connectivity index (χ2v) is 10.4. The van der Waals surface area contributed by atoms with Crippen molar-refractivity contribution in [2.24, 2.45) is 0 Å². The van der Waals surface area contributed by atoms with Gasteiger partial charge in [0.25, 0.3) is 0 Å². The molecule has 178 valence electrons. The quantitative estimate of drug-likeness (QED) is 0.191. The van der Waals surface area contributed by atoms with Crippen molar-refractivity contribution in [3.05, 3.63) is 144 Å². The highest BCUT2D eigenvalue weighted by Crippen LogP contribution is 2.49. The fourth-order valence-corrected chi connectivity index (χ4v) is 6.27. The summed E-state index contributed by atoms with van der Waals surface area (Å²) in [6, 6.07) is 37.8. The molecule has 0 radical (unpaired) electrons. The Hall–Kier alpha value is -4.30. The molecule has 2 heteroatoms. The summed E-state index contributed by atoms with van der Waals surface area (Å²) in [7, 11) is 0. The maximum Gasteiger partial charge on any atom is 0.213 e. The van der Waals surface area contributed by atoms with Crippen LogP contribution < -0.4 is 9.13 Å². The Morgan fingerprint density at radius 1 is 0.649 bits per heavy atom. The maximum absolute atomic E-state index is 2.49. The van der Waals surface area contributed by atoms with E-state index >= 15 is 0 Å². The van der Waals surface area contributed by atoms with Crippen molar-refractivity contribution in [1.29, 1.82) is 0 Å². The molecular weight excluding hydrogens is 448 g/mol. The number of hydrogen-bond donors (Lipinski definition) is 0. The summed E-state index contributed by atoms with van der Waals surface area (Å²) < 4.78 is 4.93. The minimum Gasteiger partial charge on any atom is -0.194 e. The van der Waals surface area contributed by atoms with Gasteiger partial charge in [0, 0.05) is 34.9 Å². The monoisotopic (exact) mass is 478 g/mol. The van der Waals surface area contributed by atoms with E-state index in [4.69, 9.17) is 0 Å². The lowest BCUT2D eigenvalue weighted by molar-refractivity contribution is -0.714. The van der Waals surface area contributed by atoms with Gasteiger partial charge >= 0.3 is 0 Å². The van der Waals surface area contributed by atoms with Crippen molar-refractivity contribution in [2.45, 2.75) is 32.4 Å². The van der Waals surface area contributed by atoms with E-state index in [1.807, 2.05) is 0 Å². The van der Waals surface area contributed by atoms with Crippen molar-refractivity contribution in [3.8, 4) is 33.6 Å². The number of nitrogens with zero attached hydrogens (tertiary/aromatic N) is 2. The fourth-order valence-electron chi connectivity index (χ4n) is 6.27. The van der Waals surface area contributed by atoms with E-state index in [2.05, 4.69) is 145 Å². The van der Waals surface area contributed by atoms with Crippen LogP contribution in [-0.4, -0.2) is 0 Å². The van der Waals surface area contributed by atoms with Crippen LogP contribution in [0.1, 0.15) is 28.7 Å². The molecular formula is C35H30N2+2. The van der Waals surface area contributed by atoms with Gasteiger partial charge in [0.15, 0.2) is 25.0 Å². The van der Waals surface area contributed by atoms with Crippen LogP contribution >= 0.6 is 0 Å². The molecule has 0 amide bonds. The smallest absolute Gasteiger partial charge is 0.194 e. The third-order valence-electron chi connectivity index (χ3n) is 8.14. The standard InChI is InChI=1S/C35H30N2/c1-24-12-6-7-15-28(24)33-20-25(2)31(26-13-4-3-5-14-26)23-36(33)22-27-21-34-35(27)30-17-9-8-16-29(30)32-18-10-11-19-37(32)34/h3-21,23,34-35H,22H2,1-2H3/q+2. The van der Waals surface area contributed by atoms with Gasteiger partial charge in [-0.15, -0.1) is 0 Å². The predicted molar refractivity (Wildman–Crippen MR) is 149 cm³/mol. The average Bonchev–Trinajstić information content (AvgIpc) is 2.92. The lowest BCUT2D eigenvalue weighted by Gasteiger charge is -2.36. The number of allylic oxidation sites excluding steroid dienone is 2. The van der Waals surface area contributed by atoms with Gasteiger partial charge in [-0.05, 0) is 60.4 Å². The van der Waals surface area contributed by atoms with Gasteiger partial charge in [0.05, 0.1) is 11.5 Å². The van der Waals surface area contributed by atoms with Crippen molar-refractivity contribution < 1.29 is 9.13 Å². The first-order valence-corrected chi connectivity index (χ1v) is 13.1. The molecule has 3 heterocycles. The summed E-state index contributed by atoms with van der Waals surface area (Å²) in [6.07, 6.45) is 7.10. The number of aryl methyl sites for hydroxylation is 2. The van der Waals surface area contributed by atoms with E-state index in [0.29, 0.717) is 12.0 Å². The van der Waals surface area contributed by atoms with Crippen LogP contribution in [0.3, 0.4) is 0 Å². The van der Waals surface area contributed by atoms with E-state index in [1.165, 1.54) is 55.9 Å². The predicted octanol–water partition coefficient (Wildman–Crippen LogP) is 7.16. The molecule has 0 N–H and O–H groups in total. The molecule has 2 unspecified atom stereocenters. The largest absolute Gasteiger partial charge is 0.213 e. The Labute approximate surface area is 218 Å². The molecule has 7 rings (SSSR count). The van der Waals surface area contributed by atoms with Gasteiger partial charge in [-0.1, -0.05) is 66.7 Å². The second kappa shape index (κ2) is 8.67. The minimum atomic E-state index is 0.377. The summed E-state index contributed by atoms with van der Waals surface area (Å²) in [5, 5.41) is 0. The van der Waals surface area contributed by atoms with Crippen LogP contribution in [0.4, 0.5) is 0 Å². The molecule has 5 aromatic rings. The zero-order valence-corrected chi connectivity index (χ0v) is 21.3. The molecule has 3 aromatic carbocycles. The Kier molecular flexibility index (Phi) is 5.14. The highest BCUT2D eigenvalue weighted by atomic mass is 15.0. The summed E-state index contributed by atoms with van der Waals surface area (Å²) in [5.74, 6) is 0.398. The molecule has 0 saturated heterocycles. The lowest BCUT2D eigenvalue weighted by atomic mass is 9.70. The third-order valence-corrected chi connectivity index (χ3v) is 8.14. The van der Waals surface area contributed by atoms with Crippen LogP contribution in [-0.2, 0) is 6.54 Å². The molecule has 2 aliphatic rings. The molecule has 0 fully saturated rings. The SMILES string of the molecule is Cc1cc(-c2ccccc2C)[n+](CC2=CC3C2c2ccccc2-c2cccc[n+]23)cc1-c1ccccc1. The first kappa shape index (κ1) is 21.9. The summed E-state index contributed by atoms with van der Waals surface area (Å²) in [4.78, 5) is 0. The van der Waals surface area contributed by atoms with Gasteiger partial charge < -0.3 is 0 Å². The van der Waals surface area contributed by atoms with Crippen LogP contribution in [0.2, 0.25) is 0 Å². The molecule has 1 aliphatic carbocycles. The minimum absolute atomic E-state index is 0.377. The summed E-state index contributed by atoms with van der Waals surface area (Å²) >= 11 is 0. The maximum atomic E-state index is 2.49. The summed E-state index contributed by atoms with van der Waals surface area (Å²) in [5.41, 5.74) is 13.3. The summed E-state index contributed by atoms with van der Waals surface area (Å²) in [6.45, 7) is 5.32. The molecule has 2 nitrogen and oxygen atoms in total. The van der Waals surface area contributed by atoms with E-state index in [-0.39, 0.29) is 0 Å². The Balaban J connectivity index is 1.37. The third kappa shape index (κ3) is 3.55. The zero-order chi connectivity index (χ0) is 24.9. The van der Waals surface area contributed by atoms with Crippen molar-refractivity contribution in [3.63, 3.8) is 0 Å². The molecule has 2 aromatic heterocycles. The second-order valence-electron chi connectivity index (χ2n) is 10.4. The number of aromatic nitrogens is 2. The Morgan fingerprint density at radius 2 is 1.38 bits per heavy atom. The fraction of sp³-hybridized carbons (Fsp3) is 0.143. The van der Waals surface area contributed by atoms with Crippen LogP contribution in [0.5, 0.6) is 0 Å². The number of fused-ring (bicyclic) bond motifs is 6. The molecule has 2 atom stereocenters. The van der Waals surface area contributed by atoms with Crippen LogP contribution in [0, 0.1) is 13.8 Å². The molecule has 0 bridgehead atoms. The van der Waals surface area contributed by atoms with Gasteiger partial charge in [-0.25, -0.2) is 0 Å². The molecule has 0 saturated carbocycles. The molecule has 37 heavy (non-hydrogen) atoms. The van der Waals surface area contributed by atoms with E-state index < -0.39 is 0 Å². The number of hydrogen-bond acceptors (Lipinski definition) is 0. The molecule has 0 spiro atoms. The van der Waals surface area contributed by atoms with Crippen LogP contribution in [0.15, 0.2) is 127 Å². The normalized spacial score (nSPS) is 17.2. The van der Waals surface area contributed by atoms with Crippen molar-refractivity contribution in [1.82, 2.24) is 0 Å².